The maximum absolute atomic E-state index is 4.40. The Morgan fingerprint density at radius 2 is 0.496 bits per heavy atom. The maximum atomic E-state index is 4.40. The summed E-state index contributed by atoms with van der Waals surface area (Å²) in [5.74, 6) is 8.33. The van der Waals surface area contributed by atoms with Crippen molar-refractivity contribution >= 4 is 86.8 Å². The number of aromatic nitrogens is 12. The zero-order valence-corrected chi connectivity index (χ0v) is 82.2. The molecule has 16 rings (SSSR count). The Morgan fingerprint density at radius 1 is 0.179 bits per heavy atom. The molecule has 0 aliphatic rings. The molecule has 12 nitrogen and oxygen atoms in total. The minimum Gasteiger partial charge on any atom is -0.261 e. The normalized spacial score (nSPS) is 10.0. The van der Waals surface area contributed by atoms with Crippen LogP contribution in [-0.2, 0) is 0 Å². The van der Waals surface area contributed by atoms with Crippen molar-refractivity contribution in [3.63, 3.8) is 0 Å². The van der Waals surface area contributed by atoms with E-state index in [4.69, 9.17) is 0 Å². The highest BCUT2D eigenvalue weighted by Gasteiger charge is 2.03. The van der Waals surface area contributed by atoms with Gasteiger partial charge in [0.1, 0.15) is 18.0 Å². The SMILES string of the molecule is CC(C)C.CC(C)C.CC(C)C.CC(C)C.CC(C)C.CC(C)C.CC(C)C.CC(C)C.Cc1cc2ccccc2c(C)n1.Cc1cc2ccccc2c(C)n1.Cc1cc2ccccc2cn1.Cc1cnc2ccccc2n1.Cc1nc(C)c2ccccc2n1.Cc1ncc2ccccc2n1.Cc1nccc2ccccc12.Cc1ncnc2ccccc12. The molecule has 12 heteroatoms. The fraction of sp³-hybridized carbons (Fsp3) is 0.387. The highest BCUT2D eigenvalue weighted by Crippen LogP contribution is 2.21. The van der Waals surface area contributed by atoms with Crippen molar-refractivity contribution in [1.29, 1.82) is 0 Å². The molecule has 8 aromatic carbocycles. The summed E-state index contributed by atoms with van der Waals surface area (Å²) >= 11 is 0. The van der Waals surface area contributed by atoms with Gasteiger partial charge < -0.3 is 0 Å². The van der Waals surface area contributed by atoms with E-state index in [9.17, 15) is 0 Å². The summed E-state index contributed by atoms with van der Waals surface area (Å²) in [7, 11) is 0. The third kappa shape index (κ3) is 51.3. The van der Waals surface area contributed by atoms with Crippen LogP contribution in [-0.4, -0.2) is 59.8 Å². The first-order chi connectivity index (χ1) is 58.0. The van der Waals surface area contributed by atoms with Crippen molar-refractivity contribution in [3.05, 3.63) is 312 Å². The average molecular weight is 1660 g/mol. The summed E-state index contributed by atoms with van der Waals surface area (Å²) in [5, 5.41) is 13.4. The van der Waals surface area contributed by atoms with Crippen LogP contribution >= 0.6 is 0 Å². The predicted octanol–water partition coefficient (Wildman–Crippen LogP) is 32.1. The van der Waals surface area contributed by atoms with Crippen molar-refractivity contribution in [2.24, 2.45) is 47.3 Å². The van der Waals surface area contributed by atoms with Gasteiger partial charge >= 0.3 is 0 Å². The number of aryl methyl sites for hydroxylation is 11. The molecule has 8 aromatic heterocycles. The van der Waals surface area contributed by atoms with Gasteiger partial charge in [0.25, 0.3) is 0 Å². The van der Waals surface area contributed by atoms with Crippen LogP contribution in [0.15, 0.2) is 250 Å². The number of para-hydroxylation sites is 5. The Morgan fingerprint density at radius 3 is 0.943 bits per heavy atom. The predicted molar refractivity (Wildman–Crippen MR) is 541 cm³/mol. The van der Waals surface area contributed by atoms with Crippen molar-refractivity contribution in [2.45, 2.75) is 242 Å². The summed E-state index contributed by atoms with van der Waals surface area (Å²) in [5.41, 5.74) is 14.6. The fourth-order valence-corrected chi connectivity index (χ4v) is 10.2. The largest absolute Gasteiger partial charge is 0.261 e. The van der Waals surface area contributed by atoms with E-state index in [1.165, 1.54) is 43.1 Å². The average Bonchev–Trinajstić information content (AvgIpc) is 0.826. The van der Waals surface area contributed by atoms with Gasteiger partial charge in [-0.1, -0.05) is 330 Å². The first-order valence-electron chi connectivity index (χ1n) is 44.0. The minimum atomic E-state index is 0.823. The molecule has 0 radical (unpaired) electrons. The monoisotopic (exact) mass is 1660 g/mol. The molecule has 0 spiro atoms. The zero-order chi connectivity index (χ0) is 92.7. The van der Waals surface area contributed by atoms with E-state index in [1.54, 1.807) is 12.5 Å². The summed E-state index contributed by atoms with van der Waals surface area (Å²) < 4.78 is 0. The molecule has 0 unspecified atom stereocenters. The molecule has 0 saturated heterocycles. The summed E-state index contributed by atoms with van der Waals surface area (Å²) in [6, 6.07) is 73.4. The third-order valence-electron chi connectivity index (χ3n) is 14.6. The summed E-state index contributed by atoms with van der Waals surface area (Å²) in [4.78, 5) is 51.0. The Labute approximate surface area is 744 Å². The lowest BCUT2D eigenvalue weighted by Gasteiger charge is -2.01. The van der Waals surface area contributed by atoms with Gasteiger partial charge in [0.15, 0.2) is 0 Å². The number of nitrogens with zero attached hydrogens (tertiary/aromatic N) is 12. The topological polar surface area (TPSA) is 155 Å². The lowest BCUT2D eigenvalue weighted by atomic mass is 10.1. The zero-order valence-electron chi connectivity index (χ0n) is 82.2. The lowest BCUT2D eigenvalue weighted by Crippen LogP contribution is -1.92. The van der Waals surface area contributed by atoms with Gasteiger partial charge in [0.05, 0.1) is 33.3 Å². The minimum absolute atomic E-state index is 0.823. The van der Waals surface area contributed by atoms with E-state index in [0.717, 1.165) is 154 Å². The van der Waals surface area contributed by atoms with Crippen LogP contribution in [0.5, 0.6) is 0 Å². The molecule has 16 aromatic rings. The molecule has 0 N–H and O–H groups in total. The van der Waals surface area contributed by atoms with E-state index in [1.807, 2.05) is 220 Å². The fourth-order valence-electron chi connectivity index (χ4n) is 10.2. The van der Waals surface area contributed by atoms with Crippen molar-refractivity contribution < 1.29 is 0 Å². The van der Waals surface area contributed by atoms with E-state index in [0.29, 0.717) is 0 Å². The van der Waals surface area contributed by atoms with Gasteiger partial charge in [-0.3, -0.25) is 24.9 Å². The highest BCUT2D eigenvalue weighted by molar-refractivity contribution is 5.87. The second-order valence-corrected chi connectivity index (χ2v) is 35.6. The van der Waals surface area contributed by atoms with Crippen LogP contribution in [0.3, 0.4) is 0 Å². The number of hydrogen-bond donors (Lipinski definition) is 0. The molecule has 0 atom stereocenters. The van der Waals surface area contributed by atoms with Crippen LogP contribution < -0.4 is 0 Å². The Hall–Kier alpha value is -11.2. The second-order valence-electron chi connectivity index (χ2n) is 35.6. The molecule has 0 aliphatic carbocycles. The molecule has 123 heavy (non-hydrogen) atoms. The number of rotatable bonds is 0. The van der Waals surface area contributed by atoms with E-state index in [2.05, 4.69) is 319 Å². The van der Waals surface area contributed by atoms with Gasteiger partial charge in [-0.25, -0.2) is 34.9 Å². The first-order valence-corrected chi connectivity index (χ1v) is 44.0. The second kappa shape index (κ2) is 62.0. The van der Waals surface area contributed by atoms with Crippen molar-refractivity contribution in [2.75, 3.05) is 0 Å². The maximum Gasteiger partial charge on any atom is 0.126 e. The van der Waals surface area contributed by atoms with Crippen molar-refractivity contribution in [1.82, 2.24) is 59.8 Å². The molecule has 0 saturated carbocycles. The van der Waals surface area contributed by atoms with Crippen LogP contribution in [0.2, 0.25) is 0 Å². The molecule has 0 aliphatic heterocycles. The first kappa shape index (κ1) is 110. The van der Waals surface area contributed by atoms with Gasteiger partial charge in [0, 0.05) is 108 Å². The quantitative estimate of drug-likeness (QED) is 0.142. The Balaban J connectivity index is 0.000000670. The lowest BCUT2D eigenvalue weighted by molar-refractivity contribution is 0.736. The van der Waals surface area contributed by atoms with E-state index < -0.39 is 0 Å². The molecular weight excluding hydrogens is 1500 g/mol. The smallest absolute Gasteiger partial charge is 0.126 e. The van der Waals surface area contributed by atoms with Gasteiger partial charge in [0.2, 0.25) is 0 Å². The standard InChI is InChI=1S/2C11H11N.C10H10N2.2C10H9N.3C9H8N2.8C4H10/c2*1-8-7-10-5-3-4-6-11(10)9(2)12-8;1-7-9-5-3-4-6-10(9)12-8(2)11-7;1-8-6-9-4-2-3-5-10(9)7-11-8;1-8-10-5-3-2-4-9(10)6-7-11-8;1-7-8-4-2-3-5-9(8)11-6-10-7;1-7-10-6-8-4-2-3-5-9(8)11-7;1-7-6-10-8-4-2-3-5-9(8)11-7;8*1-4(2)3/h2*3-7H,1-2H3;3-6H,1-2H3;2*2-7H,1H3;3*2-6H,1H3;8*4H,1-3H3. The highest BCUT2D eigenvalue weighted by atomic mass is 14.9. The van der Waals surface area contributed by atoms with Gasteiger partial charge in [-0.05, 0) is 200 Å². The van der Waals surface area contributed by atoms with Gasteiger partial charge in [-0.2, -0.15) is 0 Å². The summed E-state index contributed by atoms with van der Waals surface area (Å²) in [6.07, 6.45) is 8.97. The number of pyridine rings is 4. The number of benzene rings is 8. The molecule has 0 amide bonds. The molecule has 658 valence electrons. The molecule has 0 bridgehead atoms. The number of fused-ring (bicyclic) bond motifs is 8. The van der Waals surface area contributed by atoms with Crippen LogP contribution in [0.1, 0.15) is 229 Å². The molecule has 8 heterocycles. The molecule has 0 fully saturated rings. The van der Waals surface area contributed by atoms with Crippen LogP contribution in [0.4, 0.5) is 0 Å². The third-order valence-corrected chi connectivity index (χ3v) is 14.6. The van der Waals surface area contributed by atoms with Crippen LogP contribution in [0, 0.1) is 124 Å². The van der Waals surface area contributed by atoms with Crippen LogP contribution in [0.25, 0.3) is 86.8 Å². The van der Waals surface area contributed by atoms with Crippen molar-refractivity contribution in [3.8, 4) is 0 Å². The summed E-state index contributed by atoms with van der Waals surface area (Å²) in [6.45, 7) is 73.9. The van der Waals surface area contributed by atoms with E-state index >= 15 is 0 Å². The molecular formula is C111H154N12. The Kier molecular flexibility index (Phi) is 55.3. The Bertz CT molecular complexity index is 4950. The van der Waals surface area contributed by atoms with Gasteiger partial charge in [-0.15, -0.1) is 0 Å². The number of hydrogen-bond acceptors (Lipinski definition) is 12. The van der Waals surface area contributed by atoms with E-state index in [-0.39, 0.29) is 0 Å².